The number of rotatable bonds is 4. The van der Waals surface area contributed by atoms with Crippen LogP contribution in [0.15, 0.2) is 24.3 Å². The van der Waals surface area contributed by atoms with Gasteiger partial charge in [0.05, 0.1) is 5.60 Å². The number of ether oxygens (including phenoxy) is 1. The van der Waals surface area contributed by atoms with E-state index in [0.29, 0.717) is 12.3 Å². The third-order valence-corrected chi connectivity index (χ3v) is 3.63. The van der Waals surface area contributed by atoms with E-state index in [1.807, 2.05) is 20.8 Å². The highest BCUT2D eigenvalue weighted by Crippen LogP contribution is 2.33. The molecule has 0 radical (unpaired) electrons. The number of carbonyl (C=O) groups excluding carboxylic acids is 1. The number of benzene rings is 1. The van der Waals surface area contributed by atoms with Gasteiger partial charge in [0.2, 0.25) is 0 Å². The summed E-state index contributed by atoms with van der Waals surface area (Å²) >= 11 is 0. The van der Waals surface area contributed by atoms with Gasteiger partial charge in [-0.2, -0.15) is 0 Å². The van der Waals surface area contributed by atoms with Gasteiger partial charge in [0.25, 0.3) is 0 Å². The Balaban J connectivity index is 1.95. The summed E-state index contributed by atoms with van der Waals surface area (Å²) in [5.41, 5.74) is 2.56. The van der Waals surface area contributed by atoms with Gasteiger partial charge in [0, 0.05) is 6.42 Å². The second kappa shape index (κ2) is 5.87. The van der Waals surface area contributed by atoms with Gasteiger partial charge in [-0.05, 0) is 57.1 Å². The smallest absolute Gasteiger partial charge is 0.159 e. The summed E-state index contributed by atoms with van der Waals surface area (Å²) in [5.74, 6) is 0.609. The highest BCUT2D eigenvalue weighted by atomic mass is 16.5. The van der Waals surface area contributed by atoms with E-state index < -0.39 is 0 Å². The monoisotopic (exact) mass is 260 g/mol. The van der Waals surface area contributed by atoms with Crippen LogP contribution in [0.5, 0.6) is 0 Å². The molecule has 0 N–H and O–H groups in total. The van der Waals surface area contributed by atoms with Crippen LogP contribution in [0.2, 0.25) is 0 Å². The van der Waals surface area contributed by atoms with Crippen molar-refractivity contribution >= 4 is 5.78 Å². The molecule has 2 rings (SSSR count). The maximum atomic E-state index is 12.0. The SMILES string of the molecule is CC(C)(C)OCC(=O)CC1CCCc2ccccc21. The lowest BCUT2D eigenvalue weighted by Crippen LogP contribution is -2.25. The maximum absolute atomic E-state index is 12.0. The van der Waals surface area contributed by atoms with E-state index in [9.17, 15) is 4.79 Å². The van der Waals surface area contributed by atoms with Crippen molar-refractivity contribution in [2.75, 3.05) is 6.61 Å². The second-order valence-corrected chi connectivity index (χ2v) is 6.43. The Morgan fingerprint density at radius 1 is 1.32 bits per heavy atom. The predicted octanol–water partition coefficient (Wildman–Crippen LogP) is 3.88. The molecule has 0 saturated heterocycles. The van der Waals surface area contributed by atoms with Crippen LogP contribution >= 0.6 is 0 Å². The molecule has 0 fully saturated rings. The first-order valence-electron chi connectivity index (χ1n) is 7.19. The molecular weight excluding hydrogens is 236 g/mol. The summed E-state index contributed by atoms with van der Waals surface area (Å²) in [7, 11) is 0. The molecule has 0 bridgehead atoms. The number of carbonyl (C=O) groups is 1. The molecule has 0 amide bonds. The van der Waals surface area contributed by atoms with Gasteiger partial charge in [0.15, 0.2) is 5.78 Å². The van der Waals surface area contributed by atoms with Crippen molar-refractivity contribution in [1.82, 2.24) is 0 Å². The Hall–Kier alpha value is -1.15. The molecule has 1 aliphatic rings. The second-order valence-electron chi connectivity index (χ2n) is 6.43. The fourth-order valence-corrected chi connectivity index (χ4v) is 2.70. The van der Waals surface area contributed by atoms with Crippen LogP contribution in [-0.4, -0.2) is 18.0 Å². The number of hydrogen-bond acceptors (Lipinski definition) is 2. The molecule has 0 saturated carbocycles. The Bertz CT molecular complexity index is 443. The van der Waals surface area contributed by atoms with Crippen LogP contribution in [0, 0.1) is 0 Å². The first-order valence-corrected chi connectivity index (χ1v) is 7.19. The molecule has 2 heteroatoms. The molecule has 1 unspecified atom stereocenters. The van der Waals surface area contributed by atoms with Gasteiger partial charge in [-0.3, -0.25) is 4.79 Å². The zero-order valence-corrected chi connectivity index (χ0v) is 12.2. The van der Waals surface area contributed by atoms with Crippen LogP contribution in [0.3, 0.4) is 0 Å². The normalized spacial score (nSPS) is 19.0. The van der Waals surface area contributed by atoms with Gasteiger partial charge in [0.1, 0.15) is 6.61 Å². The van der Waals surface area contributed by atoms with Crippen molar-refractivity contribution in [2.24, 2.45) is 0 Å². The quantitative estimate of drug-likeness (QED) is 0.821. The van der Waals surface area contributed by atoms with Crippen molar-refractivity contribution in [1.29, 1.82) is 0 Å². The third kappa shape index (κ3) is 4.17. The van der Waals surface area contributed by atoms with E-state index in [4.69, 9.17) is 4.74 Å². The summed E-state index contributed by atoms with van der Waals surface area (Å²) in [6.45, 7) is 6.19. The summed E-state index contributed by atoms with van der Waals surface area (Å²) in [6, 6.07) is 8.54. The van der Waals surface area contributed by atoms with Gasteiger partial charge < -0.3 is 4.74 Å². The molecule has 19 heavy (non-hydrogen) atoms. The molecule has 0 heterocycles. The number of ketones is 1. The first kappa shape index (κ1) is 14.3. The van der Waals surface area contributed by atoms with Gasteiger partial charge in [-0.1, -0.05) is 24.3 Å². The third-order valence-electron chi connectivity index (χ3n) is 3.63. The lowest BCUT2D eigenvalue weighted by atomic mass is 9.80. The van der Waals surface area contributed by atoms with E-state index in [1.54, 1.807) is 0 Å². The lowest BCUT2D eigenvalue weighted by Gasteiger charge is -2.25. The molecule has 1 aromatic carbocycles. The summed E-state index contributed by atoms with van der Waals surface area (Å²) in [5, 5.41) is 0. The van der Waals surface area contributed by atoms with E-state index >= 15 is 0 Å². The van der Waals surface area contributed by atoms with Crippen molar-refractivity contribution < 1.29 is 9.53 Å². The summed E-state index contributed by atoms with van der Waals surface area (Å²) in [6.07, 6.45) is 4.08. The minimum Gasteiger partial charge on any atom is -0.368 e. The average molecular weight is 260 g/mol. The fraction of sp³-hybridized carbons (Fsp3) is 0.588. The highest BCUT2D eigenvalue weighted by Gasteiger charge is 2.23. The molecule has 1 aromatic rings. The highest BCUT2D eigenvalue weighted by molar-refractivity contribution is 5.80. The van der Waals surface area contributed by atoms with Crippen LogP contribution in [-0.2, 0) is 16.0 Å². The van der Waals surface area contributed by atoms with E-state index in [2.05, 4.69) is 24.3 Å². The van der Waals surface area contributed by atoms with Crippen LogP contribution < -0.4 is 0 Å². The Morgan fingerprint density at radius 2 is 2.05 bits per heavy atom. The standard InChI is InChI=1S/C17H24O2/c1-17(2,3)19-12-15(18)11-14-9-6-8-13-7-4-5-10-16(13)14/h4-5,7,10,14H,6,8-9,11-12H2,1-3H3. The van der Waals surface area contributed by atoms with Crippen molar-refractivity contribution in [3.05, 3.63) is 35.4 Å². The molecule has 0 aliphatic heterocycles. The van der Waals surface area contributed by atoms with Gasteiger partial charge >= 0.3 is 0 Å². The van der Waals surface area contributed by atoms with Crippen molar-refractivity contribution in [3.63, 3.8) is 0 Å². The van der Waals surface area contributed by atoms with E-state index in [1.165, 1.54) is 17.5 Å². The lowest BCUT2D eigenvalue weighted by molar-refractivity contribution is -0.128. The largest absolute Gasteiger partial charge is 0.368 e. The van der Waals surface area contributed by atoms with Crippen LogP contribution in [0.4, 0.5) is 0 Å². The number of hydrogen-bond donors (Lipinski definition) is 0. The zero-order valence-electron chi connectivity index (χ0n) is 12.2. The Labute approximate surface area is 116 Å². The fourth-order valence-electron chi connectivity index (χ4n) is 2.70. The molecule has 2 nitrogen and oxygen atoms in total. The minimum absolute atomic E-state index is 0.219. The molecular formula is C17H24O2. The number of Topliss-reactive ketones (excluding diaryl/α,β-unsaturated/α-hetero) is 1. The zero-order chi connectivity index (χ0) is 13.9. The van der Waals surface area contributed by atoms with Crippen molar-refractivity contribution in [3.8, 4) is 0 Å². The van der Waals surface area contributed by atoms with Crippen molar-refractivity contribution in [2.45, 2.75) is 58.0 Å². The van der Waals surface area contributed by atoms with Gasteiger partial charge in [-0.25, -0.2) is 0 Å². The molecule has 104 valence electrons. The molecule has 0 aromatic heterocycles. The number of fused-ring (bicyclic) bond motifs is 1. The number of aryl methyl sites for hydroxylation is 1. The first-order chi connectivity index (χ1) is 8.96. The molecule has 0 spiro atoms. The van der Waals surface area contributed by atoms with Crippen LogP contribution in [0.1, 0.15) is 57.1 Å². The summed E-state index contributed by atoms with van der Waals surface area (Å²) < 4.78 is 5.57. The summed E-state index contributed by atoms with van der Waals surface area (Å²) in [4.78, 5) is 12.0. The van der Waals surface area contributed by atoms with E-state index in [0.717, 1.165) is 12.8 Å². The molecule has 1 aliphatic carbocycles. The van der Waals surface area contributed by atoms with E-state index in [-0.39, 0.29) is 18.0 Å². The predicted molar refractivity (Wildman–Crippen MR) is 77.5 cm³/mol. The maximum Gasteiger partial charge on any atom is 0.159 e. The van der Waals surface area contributed by atoms with Gasteiger partial charge in [-0.15, -0.1) is 0 Å². The minimum atomic E-state index is -0.236. The topological polar surface area (TPSA) is 26.3 Å². The Kier molecular flexibility index (Phi) is 4.41. The average Bonchev–Trinajstić information content (AvgIpc) is 2.36. The Morgan fingerprint density at radius 3 is 2.79 bits per heavy atom. The van der Waals surface area contributed by atoms with Crippen LogP contribution in [0.25, 0.3) is 0 Å². The molecule has 1 atom stereocenters.